The quantitative estimate of drug-likeness (QED) is 0.914. The molecule has 2 heterocycles. The molecule has 0 amide bonds. The van der Waals surface area contributed by atoms with Crippen LogP contribution in [0.3, 0.4) is 0 Å². The minimum absolute atomic E-state index is 0.412. The predicted octanol–water partition coefficient (Wildman–Crippen LogP) is 3.17. The average molecular weight is 268 g/mol. The lowest BCUT2D eigenvalue weighted by Crippen LogP contribution is -2.26. The maximum absolute atomic E-state index is 11.2. The van der Waals surface area contributed by atoms with E-state index in [9.17, 15) is 4.79 Å². The zero-order chi connectivity index (χ0) is 13.0. The number of carbonyl (C=O) groups is 1. The lowest BCUT2D eigenvalue weighted by atomic mass is 10.1. The fourth-order valence-corrected chi connectivity index (χ4v) is 3.37. The highest BCUT2D eigenvalue weighted by Crippen LogP contribution is 2.28. The molecule has 1 fully saturated rings. The Morgan fingerprint density at radius 1 is 1.28 bits per heavy atom. The molecule has 0 radical (unpaired) electrons. The summed E-state index contributed by atoms with van der Waals surface area (Å²) in [4.78, 5) is 18.3. The highest BCUT2D eigenvalue weighted by atomic mass is 32.1. The van der Waals surface area contributed by atoms with E-state index >= 15 is 0 Å². The monoisotopic (exact) mass is 268 g/mol. The smallest absolute Gasteiger partial charge is 0.347 e. The number of anilines is 1. The van der Waals surface area contributed by atoms with E-state index in [-0.39, 0.29) is 0 Å². The van der Waals surface area contributed by atoms with E-state index < -0.39 is 5.97 Å². The van der Waals surface area contributed by atoms with Crippen molar-refractivity contribution in [2.75, 3.05) is 18.0 Å². The number of aryl methyl sites for hydroxylation is 1. The molecular formula is C13H20N2O2S. The van der Waals surface area contributed by atoms with Crippen LogP contribution in [0, 0.1) is 0 Å². The second-order valence-electron chi connectivity index (χ2n) is 4.69. The van der Waals surface area contributed by atoms with Gasteiger partial charge in [-0.1, -0.05) is 37.5 Å². The fraction of sp³-hybridized carbons (Fsp3) is 0.692. The Morgan fingerprint density at radius 2 is 1.89 bits per heavy atom. The van der Waals surface area contributed by atoms with Crippen LogP contribution in [0.4, 0.5) is 5.13 Å². The minimum Gasteiger partial charge on any atom is -0.477 e. The van der Waals surface area contributed by atoms with Gasteiger partial charge in [-0.3, -0.25) is 0 Å². The first-order chi connectivity index (χ1) is 8.72. The van der Waals surface area contributed by atoms with Gasteiger partial charge < -0.3 is 10.0 Å². The number of rotatable bonds is 3. The molecule has 18 heavy (non-hydrogen) atoms. The third-order valence-corrected chi connectivity index (χ3v) is 4.49. The minimum atomic E-state index is -0.845. The molecule has 0 unspecified atom stereocenters. The molecule has 2 rings (SSSR count). The normalized spacial score (nSPS) is 17.3. The molecule has 1 saturated heterocycles. The number of hydrogen-bond acceptors (Lipinski definition) is 4. The first-order valence-electron chi connectivity index (χ1n) is 6.70. The van der Waals surface area contributed by atoms with Crippen molar-refractivity contribution in [2.45, 2.75) is 45.4 Å². The Hall–Kier alpha value is -1.10. The molecular weight excluding hydrogens is 248 g/mol. The number of aromatic nitrogens is 1. The lowest BCUT2D eigenvalue weighted by molar-refractivity contribution is 0.0701. The summed E-state index contributed by atoms with van der Waals surface area (Å²) < 4.78 is 0. The maximum atomic E-state index is 11.2. The Labute approximate surface area is 112 Å². The van der Waals surface area contributed by atoms with Crippen LogP contribution in [0.2, 0.25) is 0 Å². The number of carboxylic acids is 1. The molecule has 0 bridgehead atoms. The van der Waals surface area contributed by atoms with Crippen molar-refractivity contribution in [3.63, 3.8) is 0 Å². The SMILES string of the molecule is CCc1nc(N2CCCCCCC2)sc1C(=O)O. The summed E-state index contributed by atoms with van der Waals surface area (Å²) in [6, 6.07) is 0. The maximum Gasteiger partial charge on any atom is 0.347 e. The largest absolute Gasteiger partial charge is 0.477 e. The van der Waals surface area contributed by atoms with Crippen LogP contribution >= 0.6 is 11.3 Å². The van der Waals surface area contributed by atoms with Crippen molar-refractivity contribution in [1.82, 2.24) is 4.98 Å². The van der Waals surface area contributed by atoms with Crippen LogP contribution in [-0.4, -0.2) is 29.1 Å². The summed E-state index contributed by atoms with van der Waals surface area (Å²) >= 11 is 1.33. The van der Waals surface area contributed by atoms with Crippen molar-refractivity contribution in [1.29, 1.82) is 0 Å². The molecule has 0 atom stereocenters. The Kier molecular flexibility index (Phi) is 4.58. The number of aromatic carboxylic acids is 1. The molecule has 5 heteroatoms. The molecule has 100 valence electrons. The molecule has 4 nitrogen and oxygen atoms in total. The van der Waals surface area contributed by atoms with Gasteiger partial charge in [0.05, 0.1) is 5.69 Å². The molecule has 1 aromatic heterocycles. The molecule has 0 aromatic carbocycles. The molecule has 0 aliphatic carbocycles. The molecule has 0 saturated carbocycles. The second-order valence-corrected chi connectivity index (χ2v) is 5.66. The summed E-state index contributed by atoms with van der Waals surface area (Å²) in [5.41, 5.74) is 0.726. The predicted molar refractivity (Wildman–Crippen MR) is 73.7 cm³/mol. The van der Waals surface area contributed by atoms with Crippen molar-refractivity contribution < 1.29 is 9.90 Å². The third-order valence-electron chi connectivity index (χ3n) is 3.34. The van der Waals surface area contributed by atoms with Gasteiger partial charge in [-0.2, -0.15) is 0 Å². The first-order valence-corrected chi connectivity index (χ1v) is 7.52. The van der Waals surface area contributed by atoms with Crippen molar-refractivity contribution in [3.8, 4) is 0 Å². The van der Waals surface area contributed by atoms with Crippen LogP contribution in [0.1, 0.15) is 54.4 Å². The standard InChI is InChI=1S/C13H20N2O2S/c1-2-10-11(12(16)17)18-13(14-10)15-8-6-4-3-5-7-9-15/h2-9H2,1H3,(H,16,17). The van der Waals surface area contributed by atoms with Gasteiger partial charge in [-0.15, -0.1) is 0 Å². The van der Waals surface area contributed by atoms with E-state index in [2.05, 4.69) is 9.88 Å². The van der Waals surface area contributed by atoms with E-state index in [1.54, 1.807) is 0 Å². The van der Waals surface area contributed by atoms with Crippen LogP contribution in [0.25, 0.3) is 0 Å². The van der Waals surface area contributed by atoms with Gasteiger partial charge >= 0.3 is 5.97 Å². The zero-order valence-corrected chi connectivity index (χ0v) is 11.6. The van der Waals surface area contributed by atoms with Gasteiger partial charge in [-0.05, 0) is 19.3 Å². The van der Waals surface area contributed by atoms with Gasteiger partial charge in [0.25, 0.3) is 0 Å². The number of carboxylic acid groups (broad SMARTS) is 1. The Morgan fingerprint density at radius 3 is 2.39 bits per heavy atom. The van der Waals surface area contributed by atoms with Gasteiger partial charge in [0, 0.05) is 13.1 Å². The average Bonchev–Trinajstić information content (AvgIpc) is 2.72. The van der Waals surface area contributed by atoms with Gasteiger partial charge in [-0.25, -0.2) is 9.78 Å². The molecule has 1 aliphatic rings. The van der Waals surface area contributed by atoms with Gasteiger partial charge in [0.2, 0.25) is 0 Å². The Bertz CT molecular complexity index is 409. The van der Waals surface area contributed by atoms with Crippen LogP contribution in [0.15, 0.2) is 0 Å². The number of nitrogens with zero attached hydrogens (tertiary/aromatic N) is 2. The lowest BCUT2D eigenvalue weighted by Gasteiger charge is -2.23. The zero-order valence-electron chi connectivity index (χ0n) is 10.8. The highest BCUT2D eigenvalue weighted by Gasteiger charge is 2.19. The first kappa shape index (κ1) is 13.3. The topological polar surface area (TPSA) is 53.4 Å². The molecule has 1 aromatic rings. The van der Waals surface area contributed by atoms with E-state index in [0.29, 0.717) is 11.3 Å². The van der Waals surface area contributed by atoms with Crippen molar-refractivity contribution in [3.05, 3.63) is 10.6 Å². The van der Waals surface area contributed by atoms with E-state index in [0.717, 1.165) is 23.9 Å². The van der Waals surface area contributed by atoms with Crippen LogP contribution < -0.4 is 4.90 Å². The van der Waals surface area contributed by atoms with E-state index in [4.69, 9.17) is 5.11 Å². The number of hydrogen-bond donors (Lipinski definition) is 1. The summed E-state index contributed by atoms with van der Waals surface area (Å²) in [5.74, 6) is -0.845. The summed E-state index contributed by atoms with van der Waals surface area (Å²) in [6.07, 6.45) is 6.92. The van der Waals surface area contributed by atoms with Gasteiger partial charge in [0.1, 0.15) is 4.88 Å². The van der Waals surface area contributed by atoms with Gasteiger partial charge in [0.15, 0.2) is 5.13 Å². The summed E-state index contributed by atoms with van der Waals surface area (Å²) in [6.45, 7) is 3.98. The van der Waals surface area contributed by atoms with Crippen molar-refractivity contribution >= 4 is 22.4 Å². The third kappa shape index (κ3) is 3.02. The molecule has 1 N–H and O–H groups in total. The molecule has 1 aliphatic heterocycles. The fourth-order valence-electron chi connectivity index (χ4n) is 2.32. The summed E-state index contributed by atoms with van der Waals surface area (Å²) in [7, 11) is 0. The van der Waals surface area contributed by atoms with Crippen LogP contribution in [0.5, 0.6) is 0 Å². The molecule has 0 spiro atoms. The van der Waals surface area contributed by atoms with E-state index in [1.165, 1.54) is 43.4 Å². The highest BCUT2D eigenvalue weighted by molar-refractivity contribution is 7.17. The van der Waals surface area contributed by atoms with E-state index in [1.807, 2.05) is 6.92 Å². The summed E-state index contributed by atoms with van der Waals surface area (Å²) in [5, 5.41) is 10.1. The second kappa shape index (κ2) is 6.18. The Balaban J connectivity index is 2.18. The number of thiazole rings is 1. The van der Waals surface area contributed by atoms with Crippen molar-refractivity contribution in [2.24, 2.45) is 0 Å². The van der Waals surface area contributed by atoms with Crippen LogP contribution in [-0.2, 0) is 6.42 Å².